The molecular weight excluding hydrogens is 268 g/mol. The van der Waals surface area contributed by atoms with Gasteiger partial charge < -0.3 is 19.1 Å². The number of hydrogen-bond acceptors (Lipinski definition) is 4. The smallest absolute Gasteiger partial charge is 0.187 e. The highest BCUT2D eigenvalue weighted by Gasteiger charge is 2.41. The standard InChI is InChI=1S/C16H20N2O3/c19-10-15-11-20-16(21-15,12-18-9-8-17-13-18)7-6-14-4-2-1-3-5-14/h1-5,8-9,13,15,19H,6-7,10-12H2. The summed E-state index contributed by atoms with van der Waals surface area (Å²) in [5.74, 6) is -0.691. The van der Waals surface area contributed by atoms with Crippen LogP contribution >= 0.6 is 0 Å². The highest BCUT2D eigenvalue weighted by atomic mass is 16.7. The number of ether oxygens (including phenoxy) is 2. The van der Waals surface area contributed by atoms with E-state index in [1.54, 1.807) is 12.5 Å². The molecule has 1 aromatic carbocycles. The van der Waals surface area contributed by atoms with Gasteiger partial charge in [-0.2, -0.15) is 0 Å². The van der Waals surface area contributed by atoms with Gasteiger partial charge in [-0.3, -0.25) is 0 Å². The molecule has 1 aliphatic rings. The van der Waals surface area contributed by atoms with Gasteiger partial charge >= 0.3 is 0 Å². The van der Waals surface area contributed by atoms with Gasteiger partial charge in [0.05, 0.1) is 26.1 Å². The Morgan fingerprint density at radius 3 is 2.86 bits per heavy atom. The zero-order valence-corrected chi connectivity index (χ0v) is 11.9. The van der Waals surface area contributed by atoms with Crippen molar-refractivity contribution in [1.29, 1.82) is 0 Å². The Kier molecular flexibility index (Phi) is 4.34. The largest absolute Gasteiger partial charge is 0.394 e. The van der Waals surface area contributed by atoms with E-state index >= 15 is 0 Å². The van der Waals surface area contributed by atoms with Gasteiger partial charge in [0.1, 0.15) is 6.10 Å². The molecule has 0 bridgehead atoms. The number of hydrogen-bond donors (Lipinski definition) is 1. The first-order valence-corrected chi connectivity index (χ1v) is 7.22. The fraction of sp³-hybridized carbons (Fsp3) is 0.438. The van der Waals surface area contributed by atoms with Crippen LogP contribution in [0.25, 0.3) is 0 Å². The lowest BCUT2D eigenvalue weighted by Crippen LogP contribution is -2.37. The Morgan fingerprint density at radius 1 is 1.33 bits per heavy atom. The zero-order valence-electron chi connectivity index (χ0n) is 11.9. The van der Waals surface area contributed by atoms with Crippen molar-refractivity contribution in [3.8, 4) is 0 Å². The Labute approximate surface area is 124 Å². The van der Waals surface area contributed by atoms with Crippen LogP contribution in [0.3, 0.4) is 0 Å². The van der Waals surface area contributed by atoms with Crippen molar-refractivity contribution in [2.45, 2.75) is 31.3 Å². The molecule has 112 valence electrons. The van der Waals surface area contributed by atoms with Gasteiger partial charge in [-0.1, -0.05) is 30.3 Å². The molecule has 5 nitrogen and oxygen atoms in total. The van der Waals surface area contributed by atoms with E-state index in [1.807, 2.05) is 29.0 Å². The second kappa shape index (κ2) is 6.39. The molecule has 2 heterocycles. The molecular formula is C16H20N2O3. The van der Waals surface area contributed by atoms with Crippen molar-refractivity contribution >= 4 is 0 Å². The quantitative estimate of drug-likeness (QED) is 0.877. The molecule has 0 amide bonds. The Bertz CT molecular complexity index is 544. The zero-order chi connectivity index (χ0) is 14.5. The summed E-state index contributed by atoms with van der Waals surface area (Å²) in [7, 11) is 0. The molecule has 21 heavy (non-hydrogen) atoms. The second-order valence-corrected chi connectivity index (χ2v) is 5.36. The predicted octanol–water partition coefficient (Wildman–Crippen LogP) is 1.62. The van der Waals surface area contributed by atoms with Crippen molar-refractivity contribution in [1.82, 2.24) is 9.55 Å². The molecule has 0 radical (unpaired) electrons. The minimum absolute atomic E-state index is 0.0168. The molecule has 1 fully saturated rings. The number of aromatic nitrogens is 2. The molecule has 1 saturated heterocycles. The van der Waals surface area contributed by atoms with E-state index < -0.39 is 5.79 Å². The van der Waals surface area contributed by atoms with Crippen molar-refractivity contribution < 1.29 is 14.6 Å². The summed E-state index contributed by atoms with van der Waals surface area (Å²) < 4.78 is 13.8. The van der Waals surface area contributed by atoms with Crippen LogP contribution in [-0.2, 0) is 22.4 Å². The number of aliphatic hydroxyl groups is 1. The Morgan fingerprint density at radius 2 is 2.19 bits per heavy atom. The minimum Gasteiger partial charge on any atom is -0.394 e. The van der Waals surface area contributed by atoms with Gasteiger partial charge in [-0.05, 0) is 12.0 Å². The average Bonchev–Trinajstić information content (AvgIpc) is 3.17. The van der Waals surface area contributed by atoms with Crippen LogP contribution in [0, 0.1) is 0 Å². The number of imidazole rings is 1. The van der Waals surface area contributed by atoms with Crippen LogP contribution in [0.15, 0.2) is 49.1 Å². The van der Waals surface area contributed by atoms with Crippen molar-refractivity contribution in [2.75, 3.05) is 13.2 Å². The van der Waals surface area contributed by atoms with Gasteiger partial charge in [0.2, 0.25) is 0 Å². The SMILES string of the molecule is OCC1COC(CCc2ccccc2)(Cn2ccnc2)O1. The maximum Gasteiger partial charge on any atom is 0.187 e. The summed E-state index contributed by atoms with van der Waals surface area (Å²) in [6, 6.07) is 10.3. The number of aryl methyl sites for hydroxylation is 1. The van der Waals surface area contributed by atoms with E-state index in [4.69, 9.17) is 9.47 Å². The summed E-state index contributed by atoms with van der Waals surface area (Å²) in [6.07, 6.45) is 6.75. The van der Waals surface area contributed by atoms with E-state index in [2.05, 4.69) is 17.1 Å². The predicted molar refractivity (Wildman–Crippen MR) is 77.6 cm³/mol. The molecule has 1 N–H and O–H groups in total. The summed E-state index contributed by atoms with van der Waals surface area (Å²) in [5.41, 5.74) is 1.25. The fourth-order valence-electron chi connectivity index (χ4n) is 2.64. The summed E-state index contributed by atoms with van der Waals surface area (Å²) in [6.45, 7) is 0.993. The lowest BCUT2D eigenvalue weighted by Gasteiger charge is -2.28. The molecule has 1 aromatic heterocycles. The molecule has 2 unspecified atom stereocenters. The fourth-order valence-corrected chi connectivity index (χ4v) is 2.64. The van der Waals surface area contributed by atoms with E-state index in [0.29, 0.717) is 13.2 Å². The molecule has 0 aliphatic carbocycles. The lowest BCUT2D eigenvalue weighted by molar-refractivity contribution is -0.185. The van der Waals surface area contributed by atoms with E-state index in [-0.39, 0.29) is 12.7 Å². The average molecular weight is 288 g/mol. The summed E-state index contributed by atoms with van der Waals surface area (Å²) in [5, 5.41) is 9.29. The number of aliphatic hydroxyl groups excluding tert-OH is 1. The van der Waals surface area contributed by atoms with Gasteiger partial charge in [-0.15, -0.1) is 0 Å². The van der Waals surface area contributed by atoms with Gasteiger partial charge in [-0.25, -0.2) is 4.98 Å². The van der Waals surface area contributed by atoms with E-state index in [1.165, 1.54) is 5.56 Å². The first-order valence-electron chi connectivity index (χ1n) is 7.22. The molecule has 3 rings (SSSR count). The Hall–Kier alpha value is -1.69. The Balaban J connectivity index is 1.70. The number of nitrogens with zero attached hydrogens (tertiary/aromatic N) is 2. The molecule has 5 heteroatoms. The molecule has 2 atom stereocenters. The van der Waals surface area contributed by atoms with Gasteiger partial charge in [0.25, 0.3) is 0 Å². The highest BCUT2D eigenvalue weighted by molar-refractivity contribution is 5.15. The third-order valence-electron chi connectivity index (χ3n) is 3.74. The van der Waals surface area contributed by atoms with Crippen molar-refractivity contribution in [3.05, 3.63) is 54.6 Å². The second-order valence-electron chi connectivity index (χ2n) is 5.36. The monoisotopic (exact) mass is 288 g/mol. The maximum atomic E-state index is 9.29. The highest BCUT2D eigenvalue weighted by Crippen LogP contribution is 2.30. The molecule has 0 spiro atoms. The third kappa shape index (κ3) is 3.50. The van der Waals surface area contributed by atoms with Crippen LogP contribution in [0.5, 0.6) is 0 Å². The normalized spacial score (nSPS) is 25.3. The van der Waals surface area contributed by atoms with Gasteiger partial charge in [0.15, 0.2) is 5.79 Å². The maximum absolute atomic E-state index is 9.29. The van der Waals surface area contributed by atoms with Crippen LogP contribution in [0.2, 0.25) is 0 Å². The first-order chi connectivity index (χ1) is 10.3. The third-order valence-corrected chi connectivity index (χ3v) is 3.74. The molecule has 2 aromatic rings. The van der Waals surface area contributed by atoms with Crippen LogP contribution < -0.4 is 0 Å². The van der Waals surface area contributed by atoms with E-state index in [0.717, 1.165) is 12.8 Å². The van der Waals surface area contributed by atoms with Gasteiger partial charge in [0, 0.05) is 18.8 Å². The van der Waals surface area contributed by atoms with Crippen LogP contribution in [0.1, 0.15) is 12.0 Å². The van der Waals surface area contributed by atoms with Crippen molar-refractivity contribution in [2.24, 2.45) is 0 Å². The topological polar surface area (TPSA) is 56.5 Å². The molecule has 0 saturated carbocycles. The molecule has 1 aliphatic heterocycles. The summed E-state index contributed by atoms with van der Waals surface area (Å²) in [4.78, 5) is 4.06. The number of rotatable bonds is 6. The van der Waals surface area contributed by atoms with Crippen LogP contribution in [-0.4, -0.2) is 39.8 Å². The number of benzene rings is 1. The summed E-state index contributed by atoms with van der Waals surface area (Å²) >= 11 is 0. The minimum atomic E-state index is -0.691. The van der Waals surface area contributed by atoms with Crippen molar-refractivity contribution in [3.63, 3.8) is 0 Å². The lowest BCUT2D eigenvalue weighted by atomic mass is 10.0. The first kappa shape index (κ1) is 14.3. The van der Waals surface area contributed by atoms with E-state index in [9.17, 15) is 5.11 Å². The van der Waals surface area contributed by atoms with Crippen LogP contribution in [0.4, 0.5) is 0 Å².